The van der Waals surface area contributed by atoms with E-state index in [4.69, 9.17) is 11.6 Å². The van der Waals surface area contributed by atoms with E-state index in [1.807, 2.05) is 34.9 Å². The molecule has 0 spiro atoms. The van der Waals surface area contributed by atoms with Crippen molar-refractivity contribution in [3.8, 4) is 11.8 Å². The van der Waals surface area contributed by atoms with Crippen molar-refractivity contribution in [1.82, 2.24) is 9.47 Å². The Labute approximate surface area is 176 Å². The maximum atomic E-state index is 13.6. The first-order valence-corrected chi connectivity index (χ1v) is 9.70. The lowest BCUT2D eigenvalue weighted by molar-refractivity contribution is -0.169. The van der Waals surface area contributed by atoms with Gasteiger partial charge in [-0.25, -0.2) is 0 Å². The third kappa shape index (κ3) is 3.35. The normalized spacial score (nSPS) is 15.2. The first kappa shape index (κ1) is 20.1. The number of hydrogen-bond donors (Lipinski definition) is 0. The molecule has 1 aromatic heterocycles. The highest BCUT2D eigenvalue weighted by molar-refractivity contribution is 6.31. The summed E-state index contributed by atoms with van der Waals surface area (Å²) in [5.74, 6) is 0. The molecular weight excluding hydrogens is 411 g/mol. The number of rotatable bonds is 3. The highest BCUT2D eigenvalue weighted by Gasteiger charge is 2.42. The van der Waals surface area contributed by atoms with E-state index in [1.165, 1.54) is 4.90 Å². The van der Waals surface area contributed by atoms with Gasteiger partial charge in [-0.15, -0.1) is 0 Å². The van der Waals surface area contributed by atoms with Gasteiger partial charge in [0.1, 0.15) is 12.1 Å². The number of aromatic nitrogens is 1. The second kappa shape index (κ2) is 7.58. The Morgan fingerprint density at radius 1 is 1.13 bits per heavy atom. The van der Waals surface area contributed by atoms with Crippen LogP contribution in [0.1, 0.15) is 18.2 Å². The minimum atomic E-state index is -4.41. The van der Waals surface area contributed by atoms with Crippen LogP contribution in [-0.2, 0) is 0 Å². The number of benzene rings is 2. The second-order valence-electron chi connectivity index (χ2n) is 7.02. The molecule has 0 N–H and O–H groups in total. The number of nitriles is 1. The summed E-state index contributed by atoms with van der Waals surface area (Å²) in [6.45, 7) is 1.22. The number of para-hydroxylation sites is 1. The summed E-state index contributed by atoms with van der Waals surface area (Å²) in [5.41, 5.74) is 2.50. The van der Waals surface area contributed by atoms with Gasteiger partial charge in [0.15, 0.2) is 0 Å². The zero-order chi connectivity index (χ0) is 21.5. The summed E-state index contributed by atoms with van der Waals surface area (Å²) >= 11 is 6.18. The molecule has 0 radical (unpaired) electrons. The van der Waals surface area contributed by atoms with Crippen molar-refractivity contribution >= 4 is 28.2 Å². The van der Waals surface area contributed by atoms with E-state index in [0.29, 0.717) is 27.3 Å². The minimum Gasteiger partial charge on any atom is -0.354 e. The first-order valence-electron chi connectivity index (χ1n) is 9.33. The quantitative estimate of drug-likeness (QED) is 0.490. The highest BCUT2D eigenvalue weighted by Crippen LogP contribution is 2.39. The smallest absolute Gasteiger partial charge is 0.354 e. The molecule has 0 fully saturated rings. The van der Waals surface area contributed by atoms with E-state index in [9.17, 15) is 18.4 Å². The van der Waals surface area contributed by atoms with E-state index in [1.54, 1.807) is 36.4 Å². The fourth-order valence-corrected chi connectivity index (χ4v) is 3.92. The number of fused-ring (bicyclic) bond motifs is 1. The highest BCUT2D eigenvalue weighted by atomic mass is 35.5. The zero-order valence-electron chi connectivity index (χ0n) is 16.0. The molecule has 1 aliphatic heterocycles. The van der Waals surface area contributed by atoms with Gasteiger partial charge in [-0.05, 0) is 43.3 Å². The van der Waals surface area contributed by atoms with Crippen molar-refractivity contribution in [1.29, 1.82) is 5.26 Å². The summed E-state index contributed by atoms with van der Waals surface area (Å²) in [7, 11) is 0. The fraction of sp³-hybridized carbons (Fsp3) is 0.174. The molecule has 0 saturated carbocycles. The minimum absolute atomic E-state index is 0.0917. The maximum absolute atomic E-state index is 13.6. The molecule has 0 unspecified atom stereocenters. The van der Waals surface area contributed by atoms with Crippen LogP contribution in [0, 0.1) is 11.3 Å². The Morgan fingerprint density at radius 3 is 2.53 bits per heavy atom. The second-order valence-corrected chi connectivity index (χ2v) is 7.45. The van der Waals surface area contributed by atoms with Gasteiger partial charge in [0.2, 0.25) is 0 Å². The van der Waals surface area contributed by atoms with E-state index in [0.717, 1.165) is 12.6 Å². The van der Waals surface area contributed by atoms with Gasteiger partial charge < -0.3 is 9.47 Å². The van der Waals surface area contributed by atoms with Crippen LogP contribution in [0.2, 0.25) is 5.02 Å². The molecule has 1 atom stereocenters. The summed E-state index contributed by atoms with van der Waals surface area (Å²) in [6.07, 6.45) is 0.603. The van der Waals surface area contributed by atoms with Gasteiger partial charge in [0.25, 0.3) is 0 Å². The van der Waals surface area contributed by atoms with Gasteiger partial charge in [-0.1, -0.05) is 42.0 Å². The molecule has 0 amide bonds. The first-order chi connectivity index (χ1) is 14.3. The Morgan fingerprint density at radius 2 is 1.87 bits per heavy atom. The largest absolute Gasteiger partial charge is 0.408 e. The predicted molar refractivity (Wildman–Crippen MR) is 112 cm³/mol. The van der Waals surface area contributed by atoms with Crippen LogP contribution in [-0.4, -0.2) is 28.2 Å². The van der Waals surface area contributed by atoms with Crippen molar-refractivity contribution in [3.63, 3.8) is 0 Å². The summed E-state index contributed by atoms with van der Waals surface area (Å²) in [6, 6.07) is 14.9. The summed E-state index contributed by atoms with van der Waals surface area (Å²) < 4.78 is 42.6. The molecule has 3 nitrogen and oxygen atoms in total. The molecule has 3 aromatic rings. The van der Waals surface area contributed by atoms with Crippen LogP contribution in [0.5, 0.6) is 0 Å². The molecule has 0 bridgehead atoms. The van der Waals surface area contributed by atoms with Crippen LogP contribution in [0.3, 0.4) is 0 Å². The molecule has 7 heteroatoms. The average molecular weight is 428 g/mol. The van der Waals surface area contributed by atoms with Crippen LogP contribution in [0.15, 0.2) is 66.8 Å². The van der Waals surface area contributed by atoms with Crippen molar-refractivity contribution in [3.05, 3.63) is 83.0 Å². The molecule has 2 heterocycles. The lowest BCUT2D eigenvalue weighted by Crippen LogP contribution is -2.43. The number of nitrogens with zero attached hydrogens (tertiary/aromatic N) is 3. The van der Waals surface area contributed by atoms with Crippen molar-refractivity contribution in [2.75, 3.05) is 6.54 Å². The molecule has 1 aliphatic rings. The molecular formula is C23H17ClF3N3. The SMILES string of the molecule is C[C@H](N1CC=CC=C1c1c(C#N)c2cc(Cl)ccc2n1-c1ccccc1)C(F)(F)F. The van der Waals surface area contributed by atoms with Gasteiger partial charge in [-0.2, -0.15) is 18.4 Å². The number of hydrogen-bond acceptors (Lipinski definition) is 2. The fourth-order valence-electron chi connectivity index (χ4n) is 3.75. The van der Waals surface area contributed by atoms with Gasteiger partial charge in [-0.3, -0.25) is 0 Å². The molecule has 2 aromatic carbocycles. The third-order valence-electron chi connectivity index (χ3n) is 5.24. The number of alkyl halides is 3. The van der Waals surface area contributed by atoms with Gasteiger partial charge in [0.05, 0.1) is 22.5 Å². The molecule has 0 aliphatic carbocycles. The van der Waals surface area contributed by atoms with Crippen LogP contribution < -0.4 is 0 Å². The van der Waals surface area contributed by atoms with Crippen LogP contribution >= 0.6 is 11.6 Å². The maximum Gasteiger partial charge on any atom is 0.408 e. The topological polar surface area (TPSA) is 32.0 Å². The number of allylic oxidation sites excluding steroid dienone is 2. The summed E-state index contributed by atoms with van der Waals surface area (Å²) in [5, 5.41) is 11.0. The Balaban J connectivity index is 2.06. The third-order valence-corrected chi connectivity index (χ3v) is 5.48. The van der Waals surface area contributed by atoms with E-state index in [-0.39, 0.29) is 12.1 Å². The lowest BCUT2D eigenvalue weighted by atomic mass is 10.1. The van der Waals surface area contributed by atoms with E-state index in [2.05, 4.69) is 6.07 Å². The Bertz CT molecular complexity index is 1200. The Kier molecular flexibility index (Phi) is 5.08. The lowest BCUT2D eigenvalue weighted by Gasteiger charge is -2.35. The summed E-state index contributed by atoms with van der Waals surface area (Å²) in [4.78, 5) is 1.27. The molecule has 0 saturated heterocycles. The van der Waals surface area contributed by atoms with Crippen LogP contribution in [0.25, 0.3) is 22.3 Å². The molecule has 30 heavy (non-hydrogen) atoms. The molecule has 152 valence electrons. The van der Waals surface area contributed by atoms with Gasteiger partial charge >= 0.3 is 6.18 Å². The number of halogens is 4. The predicted octanol–water partition coefficient (Wildman–Crippen LogP) is 6.32. The average Bonchev–Trinajstić information content (AvgIpc) is 3.06. The Hall–Kier alpha value is -3.17. The monoisotopic (exact) mass is 427 g/mol. The standard InChI is InChI=1S/C23H17ClF3N3/c1-15(23(25,26)27)29-12-6-5-9-21(29)22-19(14-28)18-13-16(24)10-11-20(18)30(22)17-7-3-2-4-8-17/h2-11,13,15H,12H2,1H3/t15-/m0/s1. The van der Waals surface area contributed by atoms with Gasteiger partial charge in [0, 0.05) is 22.6 Å². The zero-order valence-corrected chi connectivity index (χ0v) is 16.7. The van der Waals surface area contributed by atoms with Crippen molar-refractivity contribution < 1.29 is 13.2 Å². The van der Waals surface area contributed by atoms with Crippen molar-refractivity contribution in [2.45, 2.75) is 19.1 Å². The van der Waals surface area contributed by atoms with E-state index >= 15 is 0 Å². The van der Waals surface area contributed by atoms with Crippen molar-refractivity contribution in [2.24, 2.45) is 0 Å². The van der Waals surface area contributed by atoms with Crippen LogP contribution in [0.4, 0.5) is 13.2 Å². The van der Waals surface area contributed by atoms with E-state index < -0.39 is 12.2 Å². The molecule has 4 rings (SSSR count).